The Kier molecular flexibility index (Phi) is 9.38. The second kappa shape index (κ2) is 12.3. The van der Waals surface area contributed by atoms with E-state index in [1.165, 1.54) is 12.1 Å². The number of carbonyl (C=O) groups excluding carboxylic acids is 1. The van der Waals surface area contributed by atoms with Gasteiger partial charge in [0.25, 0.3) is 0 Å². The molecule has 3 heterocycles. The Balaban J connectivity index is 0.00000380. The molecule has 37 heavy (non-hydrogen) atoms. The molecule has 0 atom stereocenters. The molecule has 2 aromatic rings. The zero-order valence-corrected chi connectivity index (χ0v) is 20.4. The van der Waals surface area contributed by atoms with Gasteiger partial charge >= 0.3 is 6.18 Å². The molecule has 1 aromatic carbocycles. The number of amides is 1. The Bertz CT molecular complexity index is 1080. The van der Waals surface area contributed by atoms with Crippen LogP contribution in [-0.2, 0) is 11.0 Å². The van der Waals surface area contributed by atoms with Crippen LogP contribution in [0.15, 0.2) is 36.5 Å². The second-order valence-electron chi connectivity index (χ2n) is 9.41. The lowest BCUT2D eigenvalue weighted by molar-refractivity contribution is -0.137. The maximum atomic E-state index is 13.2. The van der Waals surface area contributed by atoms with Crippen molar-refractivity contribution in [2.75, 3.05) is 56.0 Å². The van der Waals surface area contributed by atoms with Crippen LogP contribution in [0.4, 0.5) is 24.5 Å². The van der Waals surface area contributed by atoms with Crippen molar-refractivity contribution < 1.29 is 18.0 Å². The molecule has 0 bridgehead atoms. The molecule has 2 aliphatic rings. The zero-order chi connectivity index (χ0) is 25.7. The molecule has 0 unspecified atom stereocenters. The van der Waals surface area contributed by atoms with E-state index >= 15 is 0 Å². The number of rotatable bonds is 6. The van der Waals surface area contributed by atoms with E-state index in [0.717, 1.165) is 50.2 Å². The number of halogens is 3. The molecule has 7 nitrogen and oxygen atoms in total. The summed E-state index contributed by atoms with van der Waals surface area (Å²) >= 11 is 0. The third-order valence-corrected chi connectivity index (χ3v) is 6.94. The molecule has 0 spiro atoms. The fraction of sp³-hybridized carbons (Fsp3) is 0.519. The van der Waals surface area contributed by atoms with Gasteiger partial charge in [-0.15, -0.1) is 0 Å². The Labute approximate surface area is 216 Å². The number of aromatic nitrogens is 1. The summed E-state index contributed by atoms with van der Waals surface area (Å²) in [6.45, 7) is 7.46. The van der Waals surface area contributed by atoms with Gasteiger partial charge in [0, 0.05) is 69.7 Å². The monoisotopic (exact) mass is 516 g/mol. The summed E-state index contributed by atoms with van der Waals surface area (Å²) in [6, 6.07) is 9.38. The van der Waals surface area contributed by atoms with E-state index in [9.17, 15) is 18.0 Å². The lowest BCUT2D eigenvalue weighted by Crippen LogP contribution is -2.48. The predicted molar refractivity (Wildman–Crippen MR) is 138 cm³/mol. The number of likely N-dealkylation sites (tertiary alicyclic amines) is 1. The number of nitrogens with one attached hydrogen (secondary N) is 1. The topological polar surface area (TPSA) is 75.5 Å². The fourth-order valence-corrected chi connectivity index (χ4v) is 4.76. The molecule has 2 fully saturated rings. The van der Waals surface area contributed by atoms with Crippen LogP contribution in [-0.4, -0.2) is 72.5 Å². The fourth-order valence-electron chi connectivity index (χ4n) is 4.76. The highest BCUT2D eigenvalue weighted by Gasteiger charge is 2.34. The third kappa shape index (κ3) is 7.35. The minimum absolute atomic E-state index is 0. The van der Waals surface area contributed by atoms with Gasteiger partial charge in [0.05, 0.1) is 29.1 Å². The number of piperidine rings is 1. The summed E-state index contributed by atoms with van der Waals surface area (Å²) in [5.74, 6) is 0.122. The normalized spacial score (nSPS) is 17.2. The van der Waals surface area contributed by atoms with Crippen LogP contribution < -0.4 is 10.2 Å². The van der Waals surface area contributed by atoms with Crippen LogP contribution in [0.2, 0.25) is 0 Å². The largest absolute Gasteiger partial charge is 0.417 e. The molecule has 10 heteroatoms. The van der Waals surface area contributed by atoms with Crippen molar-refractivity contribution in [3.8, 4) is 6.07 Å². The van der Waals surface area contributed by atoms with E-state index in [-0.39, 0.29) is 24.9 Å². The SMILES string of the molecule is C.Cc1ccc(N2CCN(CCC(=O)N3CCC(Nc4ccc(C#N)c(C(F)(F)F)c4)CC3)CC2)cn1. The summed E-state index contributed by atoms with van der Waals surface area (Å²) < 4.78 is 39.7. The van der Waals surface area contributed by atoms with Crippen molar-refractivity contribution in [3.63, 3.8) is 0 Å². The Hall–Kier alpha value is -3.32. The number of hydrogen-bond acceptors (Lipinski definition) is 6. The van der Waals surface area contributed by atoms with Crippen molar-refractivity contribution in [1.29, 1.82) is 5.26 Å². The van der Waals surface area contributed by atoms with Gasteiger partial charge in [0.1, 0.15) is 0 Å². The standard InChI is InChI=1S/C26H31F3N6O.CH4/c1-19-2-5-23(18-31-19)34-14-12-33(13-15-34)9-8-25(36)35-10-6-21(7-11-35)32-22-4-3-20(17-30)24(16-22)26(27,28)29;/h2-5,16,18,21,32H,6-15H2,1H3;1H4. The molecular formula is C27H35F3N6O. The first-order valence-electron chi connectivity index (χ1n) is 12.3. The van der Waals surface area contributed by atoms with Gasteiger partial charge in [0.15, 0.2) is 0 Å². The van der Waals surface area contributed by atoms with E-state index in [0.29, 0.717) is 38.0 Å². The number of alkyl halides is 3. The molecule has 4 rings (SSSR count). The van der Waals surface area contributed by atoms with Gasteiger partial charge in [0.2, 0.25) is 5.91 Å². The number of carbonyl (C=O) groups is 1. The lowest BCUT2D eigenvalue weighted by Gasteiger charge is -2.37. The van der Waals surface area contributed by atoms with Gasteiger partial charge in [-0.3, -0.25) is 14.7 Å². The number of nitriles is 1. The van der Waals surface area contributed by atoms with Gasteiger partial charge in [-0.2, -0.15) is 18.4 Å². The highest BCUT2D eigenvalue weighted by atomic mass is 19.4. The molecule has 200 valence electrons. The number of aryl methyl sites for hydroxylation is 1. The van der Waals surface area contributed by atoms with Crippen molar-refractivity contribution >= 4 is 17.3 Å². The maximum Gasteiger partial charge on any atom is 0.417 e. The van der Waals surface area contributed by atoms with Gasteiger partial charge in [-0.1, -0.05) is 7.43 Å². The van der Waals surface area contributed by atoms with E-state index in [2.05, 4.69) is 26.2 Å². The number of hydrogen-bond donors (Lipinski definition) is 1. The average Bonchev–Trinajstić information content (AvgIpc) is 2.88. The highest BCUT2D eigenvalue weighted by Crippen LogP contribution is 2.34. The van der Waals surface area contributed by atoms with Crippen LogP contribution in [0.25, 0.3) is 0 Å². The first-order chi connectivity index (χ1) is 17.2. The lowest BCUT2D eigenvalue weighted by atomic mass is 10.0. The minimum Gasteiger partial charge on any atom is -0.382 e. The van der Waals surface area contributed by atoms with Crippen LogP contribution >= 0.6 is 0 Å². The molecule has 0 aliphatic carbocycles. The summed E-state index contributed by atoms with van der Waals surface area (Å²) in [7, 11) is 0. The summed E-state index contributed by atoms with van der Waals surface area (Å²) in [4.78, 5) is 23.6. The number of nitrogens with zero attached hydrogens (tertiary/aromatic N) is 5. The van der Waals surface area contributed by atoms with Gasteiger partial charge in [-0.05, 0) is 50.1 Å². The smallest absolute Gasteiger partial charge is 0.382 e. The van der Waals surface area contributed by atoms with E-state index < -0.39 is 11.7 Å². The van der Waals surface area contributed by atoms with Crippen LogP contribution in [0.1, 0.15) is 43.5 Å². The van der Waals surface area contributed by atoms with Crippen molar-refractivity contribution in [1.82, 2.24) is 14.8 Å². The average molecular weight is 517 g/mol. The minimum atomic E-state index is -4.58. The Morgan fingerprint density at radius 2 is 1.81 bits per heavy atom. The first kappa shape index (κ1) is 28.3. The number of pyridine rings is 1. The first-order valence-corrected chi connectivity index (χ1v) is 12.3. The van der Waals surface area contributed by atoms with Crippen molar-refractivity contribution in [3.05, 3.63) is 53.3 Å². The summed E-state index contributed by atoms with van der Waals surface area (Å²) in [5, 5.41) is 12.1. The van der Waals surface area contributed by atoms with Gasteiger partial charge < -0.3 is 15.1 Å². The van der Waals surface area contributed by atoms with Crippen LogP contribution in [0.3, 0.4) is 0 Å². The molecular weight excluding hydrogens is 481 g/mol. The molecule has 0 radical (unpaired) electrons. The van der Waals surface area contributed by atoms with E-state index in [4.69, 9.17) is 5.26 Å². The Morgan fingerprint density at radius 1 is 1.11 bits per heavy atom. The van der Waals surface area contributed by atoms with Crippen LogP contribution in [0, 0.1) is 18.3 Å². The molecule has 1 amide bonds. The van der Waals surface area contributed by atoms with Gasteiger partial charge in [-0.25, -0.2) is 0 Å². The molecule has 2 aliphatic heterocycles. The summed E-state index contributed by atoms with van der Waals surface area (Å²) in [5.41, 5.74) is 1.15. The molecule has 1 aromatic heterocycles. The van der Waals surface area contributed by atoms with Crippen molar-refractivity contribution in [2.45, 2.75) is 45.8 Å². The van der Waals surface area contributed by atoms with Crippen molar-refractivity contribution in [2.24, 2.45) is 0 Å². The number of benzene rings is 1. The predicted octanol–water partition coefficient (Wildman–Crippen LogP) is 4.53. The summed E-state index contributed by atoms with van der Waals surface area (Å²) in [6.07, 6.45) is -0.881. The molecule has 2 saturated heterocycles. The molecule has 0 saturated carbocycles. The van der Waals surface area contributed by atoms with E-state index in [1.54, 1.807) is 6.07 Å². The second-order valence-corrected chi connectivity index (χ2v) is 9.41. The van der Waals surface area contributed by atoms with Crippen LogP contribution in [0.5, 0.6) is 0 Å². The maximum absolute atomic E-state index is 13.2. The zero-order valence-electron chi connectivity index (χ0n) is 20.4. The number of anilines is 2. The molecule has 1 N–H and O–H groups in total. The number of piperazine rings is 1. The highest BCUT2D eigenvalue weighted by molar-refractivity contribution is 5.76. The van der Waals surface area contributed by atoms with E-state index in [1.807, 2.05) is 24.1 Å². The Morgan fingerprint density at radius 3 is 2.41 bits per heavy atom. The third-order valence-electron chi connectivity index (χ3n) is 6.94. The quantitative estimate of drug-likeness (QED) is 0.608.